The van der Waals surface area contributed by atoms with E-state index < -0.39 is 0 Å². The van der Waals surface area contributed by atoms with Gasteiger partial charge in [0.2, 0.25) is 0 Å². The first kappa shape index (κ1) is 15.9. The predicted octanol–water partition coefficient (Wildman–Crippen LogP) is 3.99. The van der Waals surface area contributed by atoms with Gasteiger partial charge in [0.05, 0.1) is 18.5 Å². The summed E-state index contributed by atoms with van der Waals surface area (Å²) in [6.45, 7) is 3.05. The van der Waals surface area contributed by atoms with E-state index in [1.165, 1.54) is 11.5 Å². The van der Waals surface area contributed by atoms with E-state index in [2.05, 4.69) is 21.9 Å². The van der Waals surface area contributed by atoms with Crippen molar-refractivity contribution in [3.8, 4) is 0 Å². The van der Waals surface area contributed by atoms with E-state index in [4.69, 9.17) is 4.42 Å². The number of amides is 1. The SMILES string of the molecule is CCCc1nnsc1C(=O)N(Cc1ccsc1)Cc1ccco1. The van der Waals surface area contributed by atoms with E-state index in [-0.39, 0.29) is 5.91 Å². The summed E-state index contributed by atoms with van der Waals surface area (Å²) in [7, 11) is 0. The molecule has 0 atom stereocenters. The molecule has 3 aromatic rings. The van der Waals surface area contributed by atoms with Gasteiger partial charge in [0, 0.05) is 6.54 Å². The lowest BCUT2D eigenvalue weighted by Gasteiger charge is -2.20. The summed E-state index contributed by atoms with van der Waals surface area (Å²) >= 11 is 2.80. The molecule has 0 aliphatic rings. The zero-order valence-corrected chi connectivity index (χ0v) is 14.4. The normalized spacial score (nSPS) is 10.8. The van der Waals surface area contributed by atoms with Crippen LogP contribution in [0, 0.1) is 0 Å². The van der Waals surface area contributed by atoms with E-state index in [9.17, 15) is 4.79 Å². The predicted molar refractivity (Wildman–Crippen MR) is 90.5 cm³/mol. The lowest BCUT2D eigenvalue weighted by Crippen LogP contribution is -2.30. The van der Waals surface area contributed by atoms with Gasteiger partial charge >= 0.3 is 0 Å². The average molecular weight is 347 g/mol. The molecule has 3 rings (SSSR count). The maximum absolute atomic E-state index is 13.0. The van der Waals surface area contributed by atoms with Crippen molar-refractivity contribution in [1.29, 1.82) is 0 Å². The molecule has 0 unspecified atom stereocenters. The second-order valence-electron chi connectivity index (χ2n) is 5.17. The molecule has 0 aromatic carbocycles. The number of furan rings is 1. The molecule has 23 heavy (non-hydrogen) atoms. The van der Waals surface area contributed by atoms with Crippen molar-refractivity contribution in [2.45, 2.75) is 32.9 Å². The molecule has 0 saturated heterocycles. The monoisotopic (exact) mass is 347 g/mol. The number of carbonyl (C=O) groups is 1. The van der Waals surface area contributed by atoms with Crippen LogP contribution in [-0.2, 0) is 19.5 Å². The van der Waals surface area contributed by atoms with Crippen LogP contribution in [0.1, 0.15) is 40.0 Å². The molecule has 5 nitrogen and oxygen atoms in total. The first-order valence-corrected chi connectivity index (χ1v) is 9.13. The van der Waals surface area contributed by atoms with Crippen LogP contribution in [0.4, 0.5) is 0 Å². The summed E-state index contributed by atoms with van der Waals surface area (Å²) in [5.41, 5.74) is 1.90. The molecule has 0 saturated carbocycles. The Bertz CT molecular complexity index is 699. The highest BCUT2D eigenvalue weighted by Gasteiger charge is 2.23. The van der Waals surface area contributed by atoms with Gasteiger partial charge in [-0.3, -0.25) is 4.79 Å². The van der Waals surface area contributed by atoms with Gasteiger partial charge in [-0.15, -0.1) is 5.10 Å². The van der Waals surface area contributed by atoms with Crippen LogP contribution in [0.5, 0.6) is 0 Å². The molecule has 7 heteroatoms. The van der Waals surface area contributed by atoms with Crippen LogP contribution in [0.15, 0.2) is 39.6 Å². The first-order chi connectivity index (χ1) is 11.3. The molecule has 0 N–H and O–H groups in total. The number of thiophene rings is 1. The minimum Gasteiger partial charge on any atom is -0.467 e. The van der Waals surface area contributed by atoms with Crippen LogP contribution in [0.2, 0.25) is 0 Å². The summed E-state index contributed by atoms with van der Waals surface area (Å²) in [5, 5.41) is 8.17. The van der Waals surface area contributed by atoms with Crippen molar-refractivity contribution >= 4 is 28.8 Å². The van der Waals surface area contributed by atoms with Crippen LogP contribution in [-0.4, -0.2) is 20.4 Å². The summed E-state index contributed by atoms with van der Waals surface area (Å²) in [6.07, 6.45) is 3.33. The third-order valence-corrected chi connectivity index (χ3v) is 4.89. The summed E-state index contributed by atoms with van der Waals surface area (Å²) < 4.78 is 9.37. The van der Waals surface area contributed by atoms with Crippen molar-refractivity contribution < 1.29 is 9.21 Å². The number of hydrogen-bond donors (Lipinski definition) is 0. The second-order valence-corrected chi connectivity index (χ2v) is 6.71. The van der Waals surface area contributed by atoms with Crippen molar-refractivity contribution in [1.82, 2.24) is 14.5 Å². The quantitative estimate of drug-likeness (QED) is 0.648. The number of rotatable bonds is 7. The third-order valence-electron chi connectivity index (χ3n) is 3.40. The molecule has 0 fully saturated rings. The molecular formula is C16H17N3O2S2. The number of carbonyl (C=O) groups excluding carboxylic acids is 1. The molecule has 0 radical (unpaired) electrons. The molecule has 0 bridgehead atoms. The molecule has 0 spiro atoms. The van der Waals surface area contributed by atoms with E-state index in [1.54, 1.807) is 22.5 Å². The van der Waals surface area contributed by atoms with Crippen LogP contribution in [0.25, 0.3) is 0 Å². The highest BCUT2D eigenvalue weighted by atomic mass is 32.1. The Kier molecular flexibility index (Phi) is 5.19. The standard InChI is InChI=1S/C16H17N3O2S2/c1-2-4-14-15(23-18-17-14)16(20)19(9-12-6-8-22-11-12)10-13-5-3-7-21-13/h3,5-8,11H,2,4,9-10H2,1H3. The molecule has 0 aliphatic heterocycles. The van der Waals surface area contributed by atoms with Gasteiger partial charge in [-0.05, 0) is 52.5 Å². The highest BCUT2D eigenvalue weighted by Crippen LogP contribution is 2.20. The zero-order chi connectivity index (χ0) is 16.1. The fourth-order valence-corrected chi connectivity index (χ4v) is 3.64. The fraction of sp³-hybridized carbons (Fsp3) is 0.312. The van der Waals surface area contributed by atoms with Crippen LogP contribution < -0.4 is 0 Å². The molecule has 1 amide bonds. The lowest BCUT2D eigenvalue weighted by molar-refractivity contribution is 0.0721. The Morgan fingerprint density at radius 2 is 2.26 bits per heavy atom. The minimum absolute atomic E-state index is 0.0361. The van der Waals surface area contributed by atoms with Crippen LogP contribution >= 0.6 is 22.9 Å². The molecule has 0 aliphatic carbocycles. The first-order valence-electron chi connectivity index (χ1n) is 7.42. The van der Waals surface area contributed by atoms with Gasteiger partial charge in [-0.2, -0.15) is 11.3 Å². The summed E-state index contributed by atoms with van der Waals surface area (Å²) in [4.78, 5) is 15.4. The summed E-state index contributed by atoms with van der Waals surface area (Å²) in [6, 6.07) is 5.75. The minimum atomic E-state index is -0.0361. The zero-order valence-electron chi connectivity index (χ0n) is 12.8. The van der Waals surface area contributed by atoms with Gasteiger partial charge in [0.15, 0.2) is 0 Å². The Balaban J connectivity index is 1.83. The van der Waals surface area contributed by atoms with Crippen LogP contribution in [0.3, 0.4) is 0 Å². The second kappa shape index (κ2) is 7.52. The molecular weight excluding hydrogens is 330 g/mol. The smallest absolute Gasteiger partial charge is 0.268 e. The van der Waals surface area contributed by atoms with Gasteiger partial charge in [0.25, 0.3) is 5.91 Å². The van der Waals surface area contributed by atoms with E-state index in [1.807, 2.05) is 23.6 Å². The summed E-state index contributed by atoms with van der Waals surface area (Å²) in [5.74, 6) is 0.731. The van der Waals surface area contributed by atoms with Gasteiger partial charge in [-0.1, -0.05) is 17.8 Å². The topological polar surface area (TPSA) is 59.2 Å². The number of aryl methyl sites for hydroxylation is 1. The Labute approximate surface area is 142 Å². The fourth-order valence-electron chi connectivity index (χ4n) is 2.31. The molecule has 3 heterocycles. The van der Waals surface area contributed by atoms with Crippen molar-refractivity contribution in [2.75, 3.05) is 0 Å². The third kappa shape index (κ3) is 3.86. The number of aromatic nitrogens is 2. The largest absolute Gasteiger partial charge is 0.467 e. The van der Waals surface area contributed by atoms with E-state index in [0.29, 0.717) is 18.0 Å². The molecule has 3 aromatic heterocycles. The van der Waals surface area contributed by atoms with Crippen molar-refractivity contribution in [3.63, 3.8) is 0 Å². The van der Waals surface area contributed by atoms with Gasteiger partial charge < -0.3 is 9.32 Å². The van der Waals surface area contributed by atoms with Gasteiger partial charge in [-0.25, -0.2) is 0 Å². The Morgan fingerprint density at radius 3 is 2.96 bits per heavy atom. The van der Waals surface area contributed by atoms with E-state index in [0.717, 1.165) is 29.9 Å². The molecule has 120 valence electrons. The Hall–Kier alpha value is -1.99. The van der Waals surface area contributed by atoms with Gasteiger partial charge in [0.1, 0.15) is 10.6 Å². The maximum atomic E-state index is 13.0. The average Bonchev–Trinajstić information content (AvgIpc) is 3.29. The number of nitrogens with zero attached hydrogens (tertiary/aromatic N) is 3. The lowest BCUT2D eigenvalue weighted by atomic mass is 10.2. The highest BCUT2D eigenvalue weighted by molar-refractivity contribution is 7.08. The Morgan fingerprint density at radius 1 is 1.35 bits per heavy atom. The van der Waals surface area contributed by atoms with Crippen molar-refractivity contribution in [2.24, 2.45) is 0 Å². The van der Waals surface area contributed by atoms with Crippen molar-refractivity contribution in [3.05, 3.63) is 57.1 Å². The maximum Gasteiger partial charge on any atom is 0.268 e. The van der Waals surface area contributed by atoms with E-state index >= 15 is 0 Å². The number of hydrogen-bond acceptors (Lipinski definition) is 6.